The number of halogens is 3. The van der Waals surface area contributed by atoms with E-state index >= 15 is 0 Å². The lowest BCUT2D eigenvalue weighted by Crippen LogP contribution is -2.53. The Labute approximate surface area is 226 Å². The van der Waals surface area contributed by atoms with E-state index in [1.54, 1.807) is 26.8 Å². The largest absolute Gasteiger partial charge is 0.433 e. The Morgan fingerprint density at radius 2 is 1.95 bits per heavy atom. The van der Waals surface area contributed by atoms with Gasteiger partial charge in [0.25, 0.3) is 11.8 Å². The molecule has 1 aliphatic rings. The third kappa shape index (κ3) is 7.85. The van der Waals surface area contributed by atoms with Crippen LogP contribution in [-0.4, -0.2) is 62.6 Å². The van der Waals surface area contributed by atoms with Gasteiger partial charge in [0, 0.05) is 30.3 Å². The molecule has 2 aromatic rings. The zero-order valence-electron chi connectivity index (χ0n) is 20.8. The summed E-state index contributed by atoms with van der Waals surface area (Å²) in [6, 6.07) is 5.77. The van der Waals surface area contributed by atoms with Crippen LogP contribution in [0.25, 0.3) is 0 Å². The van der Waals surface area contributed by atoms with Crippen molar-refractivity contribution in [3.05, 3.63) is 39.5 Å². The summed E-state index contributed by atoms with van der Waals surface area (Å²) < 4.78 is 36.4. The highest BCUT2D eigenvalue weighted by Crippen LogP contribution is 2.32. The molecular weight excluding hydrogens is 546 g/mol. The second kappa shape index (κ2) is 12.5. The minimum atomic E-state index is -3.21. The Morgan fingerprint density at radius 1 is 1.21 bits per heavy atom. The Kier molecular flexibility index (Phi) is 9.63. The summed E-state index contributed by atoms with van der Waals surface area (Å²) >= 11 is 6.91. The van der Waals surface area contributed by atoms with Crippen molar-refractivity contribution in [3.8, 4) is 5.75 Å². The summed E-state index contributed by atoms with van der Waals surface area (Å²) in [6.07, 6.45) is 0. The van der Waals surface area contributed by atoms with Gasteiger partial charge in [-0.1, -0.05) is 32.4 Å². The number of nitrogens with one attached hydrogen (secondary N) is 3. The van der Waals surface area contributed by atoms with Gasteiger partial charge in [-0.05, 0) is 24.3 Å². The van der Waals surface area contributed by atoms with E-state index in [1.165, 1.54) is 29.2 Å². The summed E-state index contributed by atoms with van der Waals surface area (Å²) in [4.78, 5) is 52.1. The third-order valence-electron chi connectivity index (χ3n) is 5.30. The first-order valence-electron chi connectivity index (χ1n) is 11.5. The molecule has 1 atom stereocenters. The van der Waals surface area contributed by atoms with Gasteiger partial charge in [0.05, 0.1) is 21.5 Å². The number of thiophene rings is 1. The molecule has 1 aliphatic heterocycles. The normalized spacial score (nSPS) is 14.7. The molecule has 1 fully saturated rings. The van der Waals surface area contributed by atoms with Gasteiger partial charge in [-0.25, -0.2) is 0 Å². The highest BCUT2D eigenvalue weighted by molar-refractivity contribution is 7.18. The van der Waals surface area contributed by atoms with Crippen molar-refractivity contribution in [2.75, 3.05) is 36.5 Å². The molecule has 0 saturated carbocycles. The number of carbonyl (C=O) groups excluding carboxylic acids is 4. The zero-order chi connectivity index (χ0) is 28.0. The quantitative estimate of drug-likeness (QED) is 0.423. The molecule has 0 radical (unpaired) electrons. The minimum Gasteiger partial charge on any atom is -0.433 e. The van der Waals surface area contributed by atoms with Gasteiger partial charge in [0.1, 0.15) is 12.6 Å². The maximum atomic E-state index is 13.2. The molecule has 1 saturated heterocycles. The van der Waals surface area contributed by atoms with Crippen molar-refractivity contribution in [2.24, 2.45) is 5.41 Å². The van der Waals surface area contributed by atoms with Crippen LogP contribution in [-0.2, 0) is 19.1 Å². The van der Waals surface area contributed by atoms with Crippen LogP contribution >= 0.6 is 22.9 Å². The predicted octanol–water partition coefficient (Wildman–Crippen LogP) is 3.27. The van der Waals surface area contributed by atoms with Gasteiger partial charge >= 0.3 is 6.61 Å². The topological polar surface area (TPSA) is 126 Å². The number of hydrogen-bond acceptors (Lipinski definition) is 7. The average molecular weight is 573 g/mol. The fourth-order valence-corrected chi connectivity index (χ4v) is 4.25. The maximum absolute atomic E-state index is 13.2. The van der Waals surface area contributed by atoms with Crippen molar-refractivity contribution < 1.29 is 37.4 Å². The predicted molar refractivity (Wildman–Crippen MR) is 138 cm³/mol. The van der Waals surface area contributed by atoms with E-state index in [2.05, 4.69) is 20.7 Å². The minimum absolute atomic E-state index is 0.119. The molecular formula is C24H27ClF2N4O6S. The molecule has 206 valence electrons. The molecule has 10 nitrogen and oxygen atoms in total. The van der Waals surface area contributed by atoms with E-state index in [-0.39, 0.29) is 49.3 Å². The Balaban J connectivity index is 1.82. The van der Waals surface area contributed by atoms with Crippen molar-refractivity contribution >= 4 is 57.9 Å². The number of alkyl halides is 2. The molecule has 3 rings (SSSR count). The fraction of sp³-hybridized carbons (Fsp3) is 0.417. The number of ether oxygens (including phenoxy) is 2. The molecule has 38 heavy (non-hydrogen) atoms. The number of rotatable bonds is 9. The molecule has 14 heteroatoms. The molecule has 2 heterocycles. The number of hydrogen-bond donors (Lipinski definition) is 3. The van der Waals surface area contributed by atoms with E-state index in [0.29, 0.717) is 9.21 Å². The lowest BCUT2D eigenvalue weighted by Gasteiger charge is -2.28. The molecule has 0 unspecified atom stereocenters. The number of morpholine rings is 1. The standard InChI is InChI=1S/C24H27ClF2N4O6S/c1-24(2,3)22(35)30-15(11-28-21(34)17-6-7-18(25)38-17)20(33)29-14-5-4-13(10-16(14)37-23(26)27)31-8-9-36-12-19(31)32/h4-7,10,15,23H,8-9,11-12H2,1-3H3,(H,28,34)(H,29,33)(H,30,35)/t15-/m1/s1. The van der Waals surface area contributed by atoms with Crippen LogP contribution in [0, 0.1) is 5.41 Å². The smallest absolute Gasteiger partial charge is 0.387 e. The van der Waals surface area contributed by atoms with Crippen LogP contribution in [0.3, 0.4) is 0 Å². The average Bonchev–Trinajstić information content (AvgIpc) is 3.28. The molecule has 0 bridgehead atoms. The molecule has 4 amide bonds. The van der Waals surface area contributed by atoms with Crippen LogP contribution in [0.4, 0.5) is 20.2 Å². The number of benzene rings is 1. The van der Waals surface area contributed by atoms with Crippen molar-refractivity contribution in [3.63, 3.8) is 0 Å². The molecule has 3 N–H and O–H groups in total. The van der Waals surface area contributed by atoms with E-state index in [0.717, 1.165) is 11.3 Å². The van der Waals surface area contributed by atoms with E-state index in [9.17, 15) is 28.0 Å². The molecule has 0 aliphatic carbocycles. The Hall–Kier alpha value is -3.29. The SMILES string of the molecule is CC(C)(C)C(=O)N[C@H](CNC(=O)c1ccc(Cl)s1)C(=O)Nc1ccc(N2CCOCC2=O)cc1OC(F)F. The number of nitrogens with zero attached hydrogens (tertiary/aromatic N) is 1. The number of amides is 4. The van der Waals surface area contributed by atoms with Gasteiger partial charge in [0.15, 0.2) is 5.75 Å². The van der Waals surface area contributed by atoms with E-state index in [4.69, 9.17) is 16.3 Å². The summed E-state index contributed by atoms with van der Waals surface area (Å²) in [5.41, 5.74) is -0.697. The Morgan fingerprint density at radius 3 is 2.55 bits per heavy atom. The van der Waals surface area contributed by atoms with Crippen LogP contribution in [0.5, 0.6) is 5.75 Å². The first kappa shape index (κ1) is 29.3. The van der Waals surface area contributed by atoms with Crippen molar-refractivity contribution in [1.29, 1.82) is 0 Å². The number of anilines is 2. The monoisotopic (exact) mass is 572 g/mol. The fourth-order valence-electron chi connectivity index (χ4n) is 3.29. The summed E-state index contributed by atoms with van der Waals surface area (Å²) in [7, 11) is 0. The summed E-state index contributed by atoms with van der Waals surface area (Å²) in [5, 5.41) is 7.62. The number of carbonyl (C=O) groups is 4. The van der Waals surface area contributed by atoms with Gasteiger partial charge in [-0.3, -0.25) is 19.2 Å². The van der Waals surface area contributed by atoms with E-state index < -0.39 is 35.8 Å². The highest BCUT2D eigenvalue weighted by Gasteiger charge is 2.29. The summed E-state index contributed by atoms with van der Waals surface area (Å²) in [5.74, 6) is -2.52. The lowest BCUT2D eigenvalue weighted by atomic mass is 9.95. The van der Waals surface area contributed by atoms with Gasteiger partial charge in [0.2, 0.25) is 11.8 Å². The van der Waals surface area contributed by atoms with E-state index in [1.807, 2.05) is 0 Å². The molecule has 0 spiro atoms. The van der Waals surface area contributed by atoms with Crippen LogP contribution < -0.4 is 25.6 Å². The van der Waals surface area contributed by atoms with Gasteiger partial charge < -0.3 is 30.3 Å². The van der Waals surface area contributed by atoms with Gasteiger partial charge in [-0.2, -0.15) is 8.78 Å². The van der Waals surface area contributed by atoms with Crippen molar-refractivity contribution in [1.82, 2.24) is 10.6 Å². The first-order valence-corrected chi connectivity index (χ1v) is 12.7. The van der Waals surface area contributed by atoms with Crippen LogP contribution in [0.2, 0.25) is 4.34 Å². The van der Waals surface area contributed by atoms with Crippen molar-refractivity contribution in [2.45, 2.75) is 33.4 Å². The lowest BCUT2D eigenvalue weighted by molar-refractivity contribution is -0.132. The summed E-state index contributed by atoms with van der Waals surface area (Å²) in [6.45, 7) is 1.75. The second-order valence-corrected chi connectivity index (χ2v) is 11.0. The molecule has 1 aromatic heterocycles. The Bertz CT molecular complexity index is 1200. The van der Waals surface area contributed by atoms with Crippen LogP contribution in [0.1, 0.15) is 30.4 Å². The highest BCUT2D eigenvalue weighted by atomic mass is 35.5. The van der Waals surface area contributed by atoms with Gasteiger partial charge in [-0.15, -0.1) is 11.3 Å². The molecule has 1 aromatic carbocycles. The first-order chi connectivity index (χ1) is 17.8. The third-order valence-corrected chi connectivity index (χ3v) is 6.53. The zero-order valence-corrected chi connectivity index (χ0v) is 22.4. The van der Waals surface area contributed by atoms with Crippen LogP contribution in [0.15, 0.2) is 30.3 Å². The maximum Gasteiger partial charge on any atom is 0.387 e. The second-order valence-electron chi connectivity index (χ2n) is 9.24.